The van der Waals surface area contributed by atoms with Crippen LogP contribution in [0.3, 0.4) is 0 Å². The van der Waals surface area contributed by atoms with Gasteiger partial charge in [0.1, 0.15) is 12.2 Å². The maximum atomic E-state index is 12.7. The summed E-state index contributed by atoms with van der Waals surface area (Å²) in [6.07, 6.45) is 17.1. The van der Waals surface area contributed by atoms with E-state index in [2.05, 4.69) is 31.2 Å². The first kappa shape index (κ1) is 25.2. The summed E-state index contributed by atoms with van der Waals surface area (Å²) in [7, 11) is 0. The van der Waals surface area contributed by atoms with Crippen molar-refractivity contribution >= 4 is 5.97 Å². The minimum absolute atomic E-state index is 0.0180. The van der Waals surface area contributed by atoms with Crippen molar-refractivity contribution in [1.29, 1.82) is 5.26 Å². The van der Waals surface area contributed by atoms with E-state index in [1.54, 1.807) is 6.08 Å². The van der Waals surface area contributed by atoms with Gasteiger partial charge in [0.2, 0.25) is 0 Å². The second-order valence-electron chi connectivity index (χ2n) is 9.75. The maximum Gasteiger partial charge on any atom is 0.309 e. The number of halogens is 1. The average molecular weight is 452 g/mol. The number of hydrogen-bond donors (Lipinski definition) is 0. The Bertz CT molecular complexity index is 835. The van der Waals surface area contributed by atoms with Gasteiger partial charge in [0.05, 0.1) is 5.92 Å². The SMILES string of the molecule is CCCc1ccc([C@H]2CC[C@H](C(=O)OC3CCC(CC/C=C/C=C(F)C#N)CC3)CC2)cc1. The van der Waals surface area contributed by atoms with Gasteiger partial charge in [-0.15, -0.1) is 0 Å². The molecule has 2 aliphatic carbocycles. The summed E-state index contributed by atoms with van der Waals surface area (Å²) in [5, 5.41) is 8.38. The van der Waals surface area contributed by atoms with Gasteiger partial charge in [-0.2, -0.15) is 9.65 Å². The summed E-state index contributed by atoms with van der Waals surface area (Å²) in [4.78, 5) is 12.7. The molecule has 0 aromatic heterocycles. The smallest absolute Gasteiger partial charge is 0.309 e. The van der Waals surface area contributed by atoms with Gasteiger partial charge in [0.25, 0.3) is 0 Å². The highest BCUT2D eigenvalue weighted by Crippen LogP contribution is 2.37. The number of carbonyl (C=O) groups excluding carboxylic acids is 1. The number of rotatable bonds is 9. The lowest BCUT2D eigenvalue weighted by molar-refractivity contribution is -0.157. The van der Waals surface area contributed by atoms with Crippen LogP contribution < -0.4 is 0 Å². The molecule has 0 spiro atoms. The van der Waals surface area contributed by atoms with Crippen molar-refractivity contribution in [2.45, 2.75) is 96.0 Å². The predicted molar refractivity (Wildman–Crippen MR) is 130 cm³/mol. The molecule has 178 valence electrons. The Labute approximate surface area is 198 Å². The van der Waals surface area contributed by atoms with Crippen LogP contribution in [0.1, 0.15) is 94.6 Å². The lowest BCUT2D eigenvalue weighted by atomic mass is 9.78. The lowest BCUT2D eigenvalue weighted by Gasteiger charge is -2.31. The predicted octanol–water partition coefficient (Wildman–Crippen LogP) is 7.73. The zero-order valence-electron chi connectivity index (χ0n) is 20.0. The standard InChI is InChI=1S/C29H38FNO2/c1-2-6-22-9-13-24(14-10-22)25-15-17-26(18-16-25)29(32)33-28-19-11-23(12-20-28)7-4-3-5-8-27(30)21-31/h3,5,8-10,13-14,23,25-26,28H,2,4,6-7,11-12,15-20H2,1H3/b5-3+,27-8?/t23?,25-,26-,28?. The Morgan fingerprint density at radius 3 is 2.42 bits per heavy atom. The largest absolute Gasteiger partial charge is 0.462 e. The molecular formula is C29H38FNO2. The first-order chi connectivity index (χ1) is 16.1. The molecule has 0 aliphatic heterocycles. The molecule has 3 rings (SSSR count). The van der Waals surface area contributed by atoms with Crippen LogP contribution in [-0.2, 0) is 16.0 Å². The van der Waals surface area contributed by atoms with Crippen molar-refractivity contribution in [2.24, 2.45) is 11.8 Å². The summed E-state index contributed by atoms with van der Waals surface area (Å²) in [5.41, 5.74) is 2.83. The van der Waals surface area contributed by atoms with E-state index < -0.39 is 5.83 Å². The molecule has 0 heterocycles. The van der Waals surface area contributed by atoms with Crippen molar-refractivity contribution in [3.8, 4) is 6.07 Å². The number of ether oxygens (including phenoxy) is 1. The number of nitrogens with zero attached hydrogens (tertiary/aromatic N) is 1. The van der Waals surface area contributed by atoms with Crippen LogP contribution in [0.2, 0.25) is 0 Å². The van der Waals surface area contributed by atoms with Crippen LogP contribution in [0.5, 0.6) is 0 Å². The molecule has 2 aliphatic rings. The monoisotopic (exact) mass is 451 g/mol. The van der Waals surface area contributed by atoms with E-state index in [1.165, 1.54) is 29.7 Å². The van der Waals surface area contributed by atoms with Crippen molar-refractivity contribution in [3.63, 3.8) is 0 Å². The van der Waals surface area contributed by atoms with Crippen LogP contribution in [0.15, 0.2) is 48.3 Å². The molecule has 2 saturated carbocycles. The summed E-state index contributed by atoms with van der Waals surface area (Å²) in [6, 6.07) is 10.6. The molecule has 0 unspecified atom stereocenters. The van der Waals surface area contributed by atoms with Gasteiger partial charge in [0, 0.05) is 0 Å². The molecule has 0 atom stereocenters. The number of nitriles is 1. The summed E-state index contributed by atoms with van der Waals surface area (Å²) >= 11 is 0. The number of aryl methyl sites for hydroxylation is 1. The molecule has 4 heteroatoms. The van der Waals surface area contributed by atoms with Gasteiger partial charge in [-0.1, -0.05) is 49.8 Å². The molecule has 0 radical (unpaired) electrons. The Kier molecular flexibility index (Phi) is 10.2. The second-order valence-corrected chi connectivity index (χ2v) is 9.75. The second kappa shape index (κ2) is 13.3. The van der Waals surface area contributed by atoms with E-state index in [-0.39, 0.29) is 18.0 Å². The van der Waals surface area contributed by atoms with E-state index >= 15 is 0 Å². The lowest BCUT2D eigenvalue weighted by Crippen LogP contribution is -2.29. The molecule has 0 N–H and O–H groups in total. The van der Waals surface area contributed by atoms with Crippen LogP contribution in [0, 0.1) is 23.2 Å². The Morgan fingerprint density at radius 2 is 1.79 bits per heavy atom. The van der Waals surface area contributed by atoms with Gasteiger partial charge in [0.15, 0.2) is 5.83 Å². The zero-order chi connectivity index (χ0) is 23.5. The summed E-state index contributed by atoms with van der Waals surface area (Å²) in [5.74, 6) is 0.521. The van der Waals surface area contributed by atoms with E-state index in [1.807, 2.05) is 6.08 Å². The fourth-order valence-corrected chi connectivity index (χ4v) is 5.32. The number of benzene rings is 1. The summed E-state index contributed by atoms with van der Waals surface area (Å²) < 4.78 is 18.6. The van der Waals surface area contributed by atoms with Gasteiger partial charge < -0.3 is 4.74 Å². The Balaban J connectivity index is 1.33. The fraction of sp³-hybridized carbons (Fsp3) is 0.586. The van der Waals surface area contributed by atoms with Crippen molar-refractivity contribution in [1.82, 2.24) is 0 Å². The van der Waals surface area contributed by atoms with E-state index in [9.17, 15) is 9.18 Å². The highest BCUT2D eigenvalue weighted by atomic mass is 19.1. The fourth-order valence-electron chi connectivity index (χ4n) is 5.32. The summed E-state index contributed by atoms with van der Waals surface area (Å²) in [6.45, 7) is 2.21. The van der Waals surface area contributed by atoms with Crippen LogP contribution in [0.4, 0.5) is 4.39 Å². The molecule has 0 amide bonds. The number of esters is 1. The van der Waals surface area contributed by atoms with Gasteiger partial charge >= 0.3 is 5.97 Å². The molecule has 1 aromatic carbocycles. The topological polar surface area (TPSA) is 50.1 Å². The minimum Gasteiger partial charge on any atom is -0.462 e. The molecule has 33 heavy (non-hydrogen) atoms. The zero-order valence-corrected chi connectivity index (χ0v) is 20.0. The minimum atomic E-state index is -0.761. The molecule has 3 nitrogen and oxygen atoms in total. The van der Waals surface area contributed by atoms with Crippen LogP contribution in [-0.4, -0.2) is 12.1 Å². The quantitative estimate of drug-likeness (QED) is 0.219. The highest BCUT2D eigenvalue weighted by molar-refractivity contribution is 5.72. The number of carbonyl (C=O) groups is 1. The van der Waals surface area contributed by atoms with E-state index in [0.29, 0.717) is 11.8 Å². The maximum absolute atomic E-state index is 12.7. The van der Waals surface area contributed by atoms with Gasteiger partial charge in [-0.3, -0.25) is 4.79 Å². The Morgan fingerprint density at radius 1 is 1.09 bits per heavy atom. The molecule has 1 aromatic rings. The number of allylic oxidation sites excluding steroid dienone is 4. The third-order valence-corrected chi connectivity index (χ3v) is 7.35. The first-order valence-corrected chi connectivity index (χ1v) is 12.8. The number of hydrogen-bond acceptors (Lipinski definition) is 3. The Hall–Kier alpha value is -2.41. The average Bonchev–Trinajstić information content (AvgIpc) is 2.85. The molecule has 0 saturated heterocycles. The normalized spacial score (nSPS) is 26.2. The van der Waals surface area contributed by atoms with Crippen molar-refractivity contribution < 1.29 is 13.9 Å². The molecular weight excluding hydrogens is 413 g/mol. The third-order valence-electron chi connectivity index (χ3n) is 7.35. The molecule has 2 fully saturated rings. The van der Waals surface area contributed by atoms with E-state index in [4.69, 9.17) is 10.00 Å². The van der Waals surface area contributed by atoms with Crippen molar-refractivity contribution in [3.05, 3.63) is 59.4 Å². The van der Waals surface area contributed by atoms with Crippen LogP contribution >= 0.6 is 0 Å². The first-order valence-electron chi connectivity index (χ1n) is 12.8. The third kappa shape index (κ3) is 8.14. The van der Waals surface area contributed by atoms with Gasteiger partial charge in [-0.05, 0) is 99.7 Å². The highest BCUT2D eigenvalue weighted by Gasteiger charge is 2.31. The molecule has 0 bridgehead atoms. The van der Waals surface area contributed by atoms with Crippen molar-refractivity contribution in [2.75, 3.05) is 0 Å². The van der Waals surface area contributed by atoms with Crippen LogP contribution in [0.25, 0.3) is 0 Å². The van der Waals surface area contributed by atoms with E-state index in [0.717, 1.165) is 70.6 Å². The van der Waals surface area contributed by atoms with Gasteiger partial charge in [-0.25, -0.2) is 0 Å².